The number of aryl methyl sites for hydroxylation is 1. The minimum Gasteiger partial charge on any atom is -0.478 e. The molecule has 1 N–H and O–H groups in total. The maximum Gasteiger partial charge on any atom is 0.338 e. The third-order valence-corrected chi connectivity index (χ3v) is 2.45. The fourth-order valence-corrected chi connectivity index (χ4v) is 1.57. The Kier molecular flexibility index (Phi) is 3.24. The molecule has 78 valence electrons. The quantitative estimate of drug-likeness (QED) is 0.622. The molecule has 0 saturated heterocycles. The molecule has 0 radical (unpaired) electrons. The SMILES string of the molecule is Cc1cc(Cl)c(C)c(N=C=O)c1C(=O)O. The number of hydrogen-bond donors (Lipinski definition) is 1. The lowest BCUT2D eigenvalue weighted by Crippen LogP contribution is -2.02. The van der Waals surface area contributed by atoms with E-state index in [1.54, 1.807) is 13.8 Å². The van der Waals surface area contributed by atoms with E-state index in [0.29, 0.717) is 16.1 Å². The molecular weight excluding hydrogens is 218 g/mol. The van der Waals surface area contributed by atoms with Gasteiger partial charge in [-0.1, -0.05) is 11.6 Å². The lowest BCUT2D eigenvalue weighted by Gasteiger charge is -2.08. The molecule has 4 nitrogen and oxygen atoms in total. The van der Waals surface area contributed by atoms with Crippen LogP contribution in [-0.4, -0.2) is 17.2 Å². The Morgan fingerprint density at radius 2 is 2.13 bits per heavy atom. The van der Waals surface area contributed by atoms with Crippen LogP contribution >= 0.6 is 11.6 Å². The van der Waals surface area contributed by atoms with E-state index in [-0.39, 0.29) is 11.3 Å². The molecule has 1 rings (SSSR count). The van der Waals surface area contributed by atoms with Crippen molar-refractivity contribution in [3.63, 3.8) is 0 Å². The molecule has 0 spiro atoms. The lowest BCUT2D eigenvalue weighted by atomic mass is 10.0. The van der Waals surface area contributed by atoms with Gasteiger partial charge in [0.05, 0.1) is 11.3 Å². The summed E-state index contributed by atoms with van der Waals surface area (Å²) < 4.78 is 0. The van der Waals surface area contributed by atoms with Crippen LogP contribution in [0.4, 0.5) is 5.69 Å². The van der Waals surface area contributed by atoms with Crippen molar-refractivity contribution in [2.45, 2.75) is 13.8 Å². The molecule has 1 aromatic rings. The van der Waals surface area contributed by atoms with E-state index >= 15 is 0 Å². The smallest absolute Gasteiger partial charge is 0.338 e. The monoisotopic (exact) mass is 225 g/mol. The third-order valence-electron chi connectivity index (χ3n) is 2.06. The van der Waals surface area contributed by atoms with Crippen LogP contribution in [0.2, 0.25) is 5.02 Å². The highest BCUT2D eigenvalue weighted by Crippen LogP contribution is 2.32. The van der Waals surface area contributed by atoms with Crippen molar-refractivity contribution in [3.8, 4) is 0 Å². The average molecular weight is 226 g/mol. The Hall–Kier alpha value is -1.64. The van der Waals surface area contributed by atoms with E-state index in [0.717, 1.165) is 0 Å². The van der Waals surface area contributed by atoms with Gasteiger partial charge in [-0.15, -0.1) is 0 Å². The van der Waals surface area contributed by atoms with Crippen LogP contribution in [0.1, 0.15) is 21.5 Å². The number of carboxylic acid groups (broad SMARTS) is 1. The van der Waals surface area contributed by atoms with Crippen LogP contribution in [0.25, 0.3) is 0 Å². The molecule has 0 saturated carbocycles. The molecule has 5 heteroatoms. The maximum absolute atomic E-state index is 10.9. The highest BCUT2D eigenvalue weighted by atomic mass is 35.5. The second-order valence-electron chi connectivity index (χ2n) is 3.03. The first-order valence-corrected chi connectivity index (χ1v) is 4.47. The summed E-state index contributed by atoms with van der Waals surface area (Å²) in [7, 11) is 0. The van der Waals surface area contributed by atoms with Gasteiger partial charge in [-0.3, -0.25) is 0 Å². The van der Waals surface area contributed by atoms with Crippen LogP contribution in [0.3, 0.4) is 0 Å². The van der Waals surface area contributed by atoms with Crippen molar-refractivity contribution in [3.05, 3.63) is 27.8 Å². The van der Waals surface area contributed by atoms with Gasteiger partial charge in [0.2, 0.25) is 6.08 Å². The summed E-state index contributed by atoms with van der Waals surface area (Å²) in [5.41, 5.74) is 0.984. The van der Waals surface area contributed by atoms with Crippen molar-refractivity contribution < 1.29 is 14.7 Å². The molecule has 0 unspecified atom stereocenters. The molecule has 0 bridgehead atoms. The van der Waals surface area contributed by atoms with Gasteiger partial charge in [-0.25, -0.2) is 9.59 Å². The van der Waals surface area contributed by atoms with Crippen LogP contribution in [0.15, 0.2) is 11.1 Å². The minimum absolute atomic E-state index is 0.0137. The van der Waals surface area contributed by atoms with E-state index in [1.165, 1.54) is 12.1 Å². The molecule has 1 aromatic carbocycles. The number of aromatic carboxylic acids is 1. The van der Waals surface area contributed by atoms with Crippen LogP contribution < -0.4 is 0 Å². The molecule has 0 fully saturated rings. The highest BCUT2D eigenvalue weighted by molar-refractivity contribution is 6.32. The molecule has 15 heavy (non-hydrogen) atoms. The summed E-state index contributed by atoms with van der Waals surface area (Å²) in [4.78, 5) is 24.5. The van der Waals surface area contributed by atoms with Crippen molar-refractivity contribution in [2.24, 2.45) is 4.99 Å². The zero-order valence-electron chi connectivity index (χ0n) is 8.17. The Bertz CT molecular complexity index is 476. The molecule has 0 atom stereocenters. The molecule has 0 aliphatic heterocycles. The Morgan fingerprint density at radius 1 is 1.53 bits per heavy atom. The number of halogens is 1. The Morgan fingerprint density at radius 3 is 2.60 bits per heavy atom. The molecule has 0 aliphatic rings. The predicted molar refractivity (Wildman–Crippen MR) is 55.7 cm³/mol. The Labute approximate surface area is 91.2 Å². The second kappa shape index (κ2) is 4.26. The maximum atomic E-state index is 10.9. The van der Waals surface area contributed by atoms with Gasteiger partial charge >= 0.3 is 5.97 Å². The third kappa shape index (κ3) is 2.06. The number of carboxylic acids is 1. The van der Waals surface area contributed by atoms with Gasteiger partial charge < -0.3 is 5.11 Å². The number of rotatable bonds is 2. The fourth-order valence-electron chi connectivity index (χ4n) is 1.31. The van der Waals surface area contributed by atoms with Crippen LogP contribution in [-0.2, 0) is 4.79 Å². The zero-order chi connectivity index (χ0) is 11.6. The Balaban J connectivity index is 3.68. The van der Waals surface area contributed by atoms with Crippen molar-refractivity contribution >= 4 is 29.3 Å². The zero-order valence-corrected chi connectivity index (χ0v) is 8.92. The molecular formula is C10H8ClNO3. The first kappa shape index (κ1) is 11.4. The summed E-state index contributed by atoms with van der Waals surface area (Å²) in [5, 5.41) is 9.34. The van der Waals surface area contributed by atoms with Gasteiger partial charge in [0, 0.05) is 5.02 Å². The summed E-state index contributed by atoms with van der Waals surface area (Å²) in [6, 6.07) is 1.53. The van der Waals surface area contributed by atoms with E-state index in [1.807, 2.05) is 0 Å². The number of hydrogen-bond acceptors (Lipinski definition) is 3. The molecule has 0 aromatic heterocycles. The lowest BCUT2D eigenvalue weighted by molar-refractivity contribution is 0.0697. The number of isocyanates is 1. The molecule has 0 heterocycles. The van der Waals surface area contributed by atoms with E-state index < -0.39 is 5.97 Å². The number of carbonyl (C=O) groups is 1. The van der Waals surface area contributed by atoms with Crippen LogP contribution in [0.5, 0.6) is 0 Å². The number of carbonyl (C=O) groups excluding carboxylic acids is 1. The first-order chi connectivity index (χ1) is 6.99. The normalized spacial score (nSPS) is 9.53. The second-order valence-corrected chi connectivity index (χ2v) is 3.44. The van der Waals surface area contributed by atoms with Gasteiger partial charge in [0.25, 0.3) is 0 Å². The van der Waals surface area contributed by atoms with E-state index in [4.69, 9.17) is 16.7 Å². The topological polar surface area (TPSA) is 66.7 Å². The summed E-state index contributed by atoms with van der Waals surface area (Å²) in [6.45, 7) is 3.20. The van der Waals surface area contributed by atoms with Crippen LogP contribution in [0, 0.1) is 13.8 Å². The first-order valence-electron chi connectivity index (χ1n) is 4.10. The van der Waals surface area contributed by atoms with Gasteiger partial charge in [-0.2, -0.15) is 4.99 Å². The van der Waals surface area contributed by atoms with Crippen molar-refractivity contribution in [1.82, 2.24) is 0 Å². The number of benzene rings is 1. The highest BCUT2D eigenvalue weighted by Gasteiger charge is 2.17. The van der Waals surface area contributed by atoms with Crippen molar-refractivity contribution in [1.29, 1.82) is 0 Å². The molecule has 0 aliphatic carbocycles. The fraction of sp³-hybridized carbons (Fsp3) is 0.200. The van der Waals surface area contributed by atoms with Gasteiger partial charge in [0.1, 0.15) is 0 Å². The average Bonchev–Trinajstić information content (AvgIpc) is 2.13. The summed E-state index contributed by atoms with van der Waals surface area (Å²) in [6.07, 6.45) is 1.33. The van der Waals surface area contributed by atoms with Gasteiger partial charge in [0.15, 0.2) is 0 Å². The predicted octanol–water partition coefficient (Wildman–Crippen LogP) is 2.62. The standard InChI is InChI=1S/C10H8ClNO3/c1-5-3-7(11)6(2)9(12-4-13)8(5)10(14)15/h3H,1-2H3,(H,14,15). The summed E-state index contributed by atoms with van der Waals surface area (Å²) >= 11 is 5.85. The minimum atomic E-state index is -1.14. The van der Waals surface area contributed by atoms with E-state index in [9.17, 15) is 9.59 Å². The number of nitrogens with zero attached hydrogens (tertiary/aromatic N) is 1. The van der Waals surface area contributed by atoms with Crippen molar-refractivity contribution in [2.75, 3.05) is 0 Å². The summed E-state index contributed by atoms with van der Waals surface area (Å²) in [5.74, 6) is -1.14. The van der Waals surface area contributed by atoms with E-state index in [2.05, 4.69) is 4.99 Å². The largest absolute Gasteiger partial charge is 0.478 e. The molecule has 0 amide bonds. The number of aliphatic imine (C=N–C) groups is 1. The van der Waals surface area contributed by atoms with Gasteiger partial charge in [-0.05, 0) is 31.0 Å².